The van der Waals surface area contributed by atoms with E-state index in [0.29, 0.717) is 36.6 Å². The monoisotopic (exact) mass is 394 g/mol. The van der Waals surface area contributed by atoms with Gasteiger partial charge in [0.25, 0.3) is 0 Å². The maximum atomic E-state index is 12.6. The van der Waals surface area contributed by atoms with Crippen molar-refractivity contribution >= 4 is 6.03 Å². The Morgan fingerprint density at radius 3 is 2.25 bits per heavy atom. The normalized spacial score (nSPS) is 13.7. The van der Waals surface area contributed by atoms with Crippen LogP contribution in [-0.4, -0.2) is 31.7 Å². The summed E-state index contributed by atoms with van der Waals surface area (Å²) < 4.78 is 48.4. The van der Waals surface area contributed by atoms with E-state index < -0.39 is 11.7 Å². The summed E-state index contributed by atoms with van der Waals surface area (Å²) >= 11 is 0. The number of fused-ring (bicyclic) bond motifs is 1. The first-order chi connectivity index (χ1) is 13.3. The number of hydrogen-bond donors (Lipinski definition) is 1. The highest BCUT2D eigenvalue weighted by atomic mass is 19.4. The van der Waals surface area contributed by atoms with E-state index in [1.54, 1.807) is 19.1 Å². The van der Waals surface area contributed by atoms with E-state index >= 15 is 0 Å². The van der Waals surface area contributed by atoms with Gasteiger partial charge >= 0.3 is 12.2 Å². The molecule has 5 nitrogen and oxygen atoms in total. The molecule has 1 aliphatic heterocycles. The zero-order valence-electron chi connectivity index (χ0n) is 15.6. The van der Waals surface area contributed by atoms with Gasteiger partial charge in [-0.3, -0.25) is 0 Å². The van der Waals surface area contributed by atoms with Crippen LogP contribution < -0.4 is 14.8 Å². The predicted octanol–water partition coefficient (Wildman–Crippen LogP) is 3.99. The highest BCUT2D eigenvalue weighted by molar-refractivity contribution is 5.74. The summed E-state index contributed by atoms with van der Waals surface area (Å²) in [6, 6.07) is 8.28. The Balaban J connectivity index is 1.62. The van der Waals surface area contributed by atoms with Gasteiger partial charge in [0.05, 0.1) is 19.8 Å². The number of halogens is 3. The molecular weight excluding hydrogens is 373 g/mol. The van der Waals surface area contributed by atoms with E-state index in [-0.39, 0.29) is 12.6 Å². The summed E-state index contributed by atoms with van der Waals surface area (Å²) in [7, 11) is 3.13. The van der Waals surface area contributed by atoms with Crippen molar-refractivity contribution in [3.8, 4) is 11.5 Å². The van der Waals surface area contributed by atoms with E-state index in [2.05, 4.69) is 5.32 Å². The van der Waals surface area contributed by atoms with Crippen molar-refractivity contribution in [3.63, 3.8) is 0 Å². The van der Waals surface area contributed by atoms with Crippen LogP contribution in [0.4, 0.5) is 18.0 Å². The Morgan fingerprint density at radius 2 is 1.68 bits per heavy atom. The van der Waals surface area contributed by atoms with Crippen LogP contribution >= 0.6 is 0 Å². The molecule has 150 valence electrons. The zero-order valence-corrected chi connectivity index (χ0v) is 15.6. The lowest BCUT2D eigenvalue weighted by molar-refractivity contribution is -0.137. The van der Waals surface area contributed by atoms with Crippen molar-refractivity contribution in [2.24, 2.45) is 0 Å². The minimum atomic E-state index is -4.37. The molecule has 0 bridgehead atoms. The van der Waals surface area contributed by atoms with Gasteiger partial charge in [0.1, 0.15) is 0 Å². The van der Waals surface area contributed by atoms with E-state index in [9.17, 15) is 18.0 Å². The molecule has 0 aliphatic carbocycles. The summed E-state index contributed by atoms with van der Waals surface area (Å²) in [6.45, 7) is 1.13. The van der Waals surface area contributed by atoms with Crippen LogP contribution in [0.5, 0.6) is 11.5 Å². The fourth-order valence-corrected chi connectivity index (χ4v) is 3.16. The van der Waals surface area contributed by atoms with Crippen molar-refractivity contribution in [1.29, 1.82) is 0 Å². The fraction of sp³-hybridized carbons (Fsp3) is 0.350. The van der Waals surface area contributed by atoms with Crippen LogP contribution in [0, 0.1) is 0 Å². The van der Waals surface area contributed by atoms with Gasteiger partial charge in [-0.1, -0.05) is 12.1 Å². The number of alkyl halides is 3. The predicted molar refractivity (Wildman–Crippen MR) is 97.3 cm³/mol. The molecule has 0 aromatic heterocycles. The highest BCUT2D eigenvalue weighted by Gasteiger charge is 2.30. The summed E-state index contributed by atoms with van der Waals surface area (Å²) in [5.41, 5.74) is 1.97. The van der Waals surface area contributed by atoms with Gasteiger partial charge in [0.2, 0.25) is 0 Å². The molecular formula is C20H21F3N2O3. The highest BCUT2D eigenvalue weighted by Crippen LogP contribution is 2.33. The Labute approximate surface area is 161 Å². The molecule has 1 aliphatic rings. The van der Waals surface area contributed by atoms with E-state index in [4.69, 9.17) is 9.47 Å². The number of nitrogens with zero attached hydrogens (tertiary/aromatic N) is 1. The molecule has 0 radical (unpaired) electrons. The second kappa shape index (κ2) is 8.00. The van der Waals surface area contributed by atoms with Crippen molar-refractivity contribution in [3.05, 3.63) is 58.7 Å². The van der Waals surface area contributed by atoms with Gasteiger partial charge in [-0.25, -0.2) is 4.79 Å². The summed E-state index contributed by atoms with van der Waals surface area (Å²) in [6.07, 6.45) is -3.68. The third-order valence-corrected chi connectivity index (χ3v) is 4.73. The largest absolute Gasteiger partial charge is 0.493 e. The molecule has 28 heavy (non-hydrogen) atoms. The molecule has 2 aromatic rings. The summed E-state index contributed by atoms with van der Waals surface area (Å²) in [4.78, 5) is 14.1. The first-order valence-corrected chi connectivity index (χ1v) is 8.74. The van der Waals surface area contributed by atoms with Gasteiger partial charge in [-0.2, -0.15) is 13.2 Å². The Morgan fingerprint density at radius 1 is 1.07 bits per heavy atom. The van der Waals surface area contributed by atoms with Crippen molar-refractivity contribution in [1.82, 2.24) is 10.2 Å². The molecule has 3 rings (SSSR count). The van der Waals surface area contributed by atoms with Crippen molar-refractivity contribution in [2.75, 3.05) is 20.8 Å². The minimum absolute atomic E-state index is 0.159. The number of carbonyl (C=O) groups excluding carboxylic acids is 1. The van der Waals surface area contributed by atoms with Crippen LogP contribution in [0.25, 0.3) is 0 Å². The molecule has 0 atom stereocenters. The van der Waals surface area contributed by atoms with Crippen LogP contribution in [0.2, 0.25) is 0 Å². The number of methoxy groups -OCH3 is 2. The van der Waals surface area contributed by atoms with Crippen LogP contribution in [0.3, 0.4) is 0 Å². The van der Waals surface area contributed by atoms with Gasteiger partial charge in [0.15, 0.2) is 11.5 Å². The smallest absolute Gasteiger partial charge is 0.416 e. The van der Waals surface area contributed by atoms with Crippen LogP contribution in [0.15, 0.2) is 36.4 Å². The molecule has 1 N–H and O–H groups in total. The van der Waals surface area contributed by atoms with Crippen LogP contribution in [-0.2, 0) is 25.7 Å². The lowest BCUT2D eigenvalue weighted by Gasteiger charge is -2.29. The number of benzene rings is 2. The molecule has 0 saturated heterocycles. The van der Waals surface area contributed by atoms with E-state index in [1.165, 1.54) is 12.1 Å². The zero-order chi connectivity index (χ0) is 20.3. The molecule has 8 heteroatoms. The SMILES string of the molecule is COc1cc2c(cc1OC)CN(C(=O)NCc1ccc(C(F)(F)F)cc1)CC2. The lowest BCUT2D eigenvalue weighted by Crippen LogP contribution is -2.42. The molecule has 0 fully saturated rings. The average Bonchev–Trinajstić information content (AvgIpc) is 2.70. The number of amides is 2. The maximum Gasteiger partial charge on any atom is 0.416 e. The summed E-state index contributed by atoms with van der Waals surface area (Å²) in [5.74, 6) is 1.26. The summed E-state index contributed by atoms with van der Waals surface area (Å²) in [5, 5.41) is 2.76. The minimum Gasteiger partial charge on any atom is -0.493 e. The number of carbonyl (C=O) groups is 1. The molecule has 0 saturated carbocycles. The van der Waals surface area contributed by atoms with Gasteiger partial charge in [-0.15, -0.1) is 0 Å². The van der Waals surface area contributed by atoms with E-state index in [0.717, 1.165) is 23.3 Å². The second-order valence-corrected chi connectivity index (χ2v) is 6.50. The lowest BCUT2D eigenvalue weighted by atomic mass is 9.99. The van der Waals surface area contributed by atoms with Gasteiger partial charge in [-0.05, 0) is 47.4 Å². The average molecular weight is 394 g/mol. The Kier molecular flexibility index (Phi) is 5.67. The Hall–Kier alpha value is -2.90. The molecule has 2 aromatic carbocycles. The first-order valence-electron chi connectivity index (χ1n) is 8.74. The third kappa shape index (κ3) is 4.32. The Bertz CT molecular complexity index is 851. The van der Waals surface area contributed by atoms with Crippen molar-refractivity contribution < 1.29 is 27.4 Å². The van der Waals surface area contributed by atoms with E-state index in [1.807, 2.05) is 12.1 Å². The molecule has 1 heterocycles. The number of urea groups is 1. The number of hydrogen-bond acceptors (Lipinski definition) is 3. The molecule has 0 unspecified atom stereocenters. The molecule has 2 amide bonds. The maximum absolute atomic E-state index is 12.6. The second-order valence-electron chi connectivity index (χ2n) is 6.50. The number of nitrogens with one attached hydrogen (secondary N) is 1. The number of ether oxygens (including phenoxy) is 2. The number of rotatable bonds is 4. The first kappa shape index (κ1) is 19.9. The molecule has 0 spiro atoms. The van der Waals surface area contributed by atoms with Gasteiger partial charge < -0.3 is 19.7 Å². The third-order valence-electron chi connectivity index (χ3n) is 4.73. The standard InChI is InChI=1S/C20H21F3N2O3/c1-27-17-9-14-7-8-25(12-15(14)10-18(17)28-2)19(26)24-11-13-3-5-16(6-4-13)20(21,22)23/h3-6,9-10H,7-8,11-12H2,1-2H3,(H,24,26). The quantitative estimate of drug-likeness (QED) is 0.853. The van der Waals surface area contributed by atoms with Gasteiger partial charge in [0, 0.05) is 19.6 Å². The van der Waals surface area contributed by atoms with Crippen LogP contribution in [0.1, 0.15) is 22.3 Å². The topological polar surface area (TPSA) is 50.8 Å². The van der Waals surface area contributed by atoms with Crippen molar-refractivity contribution in [2.45, 2.75) is 25.7 Å². The fourth-order valence-electron chi connectivity index (χ4n) is 3.16.